The molecule has 0 unspecified atom stereocenters. The molecule has 0 radical (unpaired) electrons. The van der Waals surface area contributed by atoms with Gasteiger partial charge in [0.2, 0.25) is 5.91 Å². The van der Waals surface area contributed by atoms with E-state index in [1.807, 2.05) is 50.3 Å². The number of nitrogens with one attached hydrogen (secondary N) is 2. The van der Waals surface area contributed by atoms with E-state index >= 15 is 0 Å². The van der Waals surface area contributed by atoms with Gasteiger partial charge in [-0.3, -0.25) is 16.1 Å². The molecule has 0 aliphatic carbocycles. The summed E-state index contributed by atoms with van der Waals surface area (Å²) in [6.07, 6.45) is 4.55. The molecule has 1 atom stereocenters. The van der Waals surface area contributed by atoms with Gasteiger partial charge in [0, 0.05) is 13.5 Å². The molecule has 1 aromatic rings. The Morgan fingerprint density at radius 1 is 1.12 bits per heavy atom. The fourth-order valence-electron chi connectivity index (χ4n) is 2.72. The topological polar surface area (TPSA) is 117 Å². The van der Waals surface area contributed by atoms with Crippen molar-refractivity contribution >= 4 is 24.0 Å². The number of nitrogens with zero attached hydrogens (tertiary/aromatic N) is 2. The van der Waals surface area contributed by atoms with Crippen LogP contribution in [0, 0.1) is 5.92 Å². The number of esters is 1. The Kier molecular flexibility index (Phi) is 10.9. The van der Waals surface area contributed by atoms with Gasteiger partial charge in [-0.25, -0.2) is 20.0 Å². The number of nitrogens with two attached hydrogens (primary N) is 1. The lowest BCUT2D eigenvalue weighted by molar-refractivity contribution is -0.166. The third-order valence-corrected chi connectivity index (χ3v) is 4.16. The number of carbonyl (C=O) groups excluding carboxylic acids is 3. The number of hydrazine groups is 3. The van der Waals surface area contributed by atoms with Gasteiger partial charge in [0.05, 0.1) is 0 Å². The van der Waals surface area contributed by atoms with Crippen LogP contribution in [0.25, 0.3) is 6.08 Å². The van der Waals surface area contributed by atoms with E-state index in [9.17, 15) is 14.4 Å². The van der Waals surface area contributed by atoms with E-state index in [2.05, 4.69) is 10.9 Å². The second-order valence-electron chi connectivity index (χ2n) is 8.96. The fourth-order valence-corrected chi connectivity index (χ4v) is 2.72. The van der Waals surface area contributed by atoms with Crippen LogP contribution in [0.3, 0.4) is 0 Å². The van der Waals surface area contributed by atoms with Gasteiger partial charge in [0.25, 0.3) is 0 Å². The van der Waals surface area contributed by atoms with Gasteiger partial charge < -0.3 is 4.74 Å². The van der Waals surface area contributed by atoms with Gasteiger partial charge in [-0.2, -0.15) is 5.12 Å². The van der Waals surface area contributed by atoms with Gasteiger partial charge in [-0.05, 0) is 45.1 Å². The molecule has 0 saturated carbocycles. The van der Waals surface area contributed by atoms with Crippen molar-refractivity contribution < 1.29 is 19.1 Å². The Morgan fingerprint density at radius 3 is 2.28 bits per heavy atom. The van der Waals surface area contributed by atoms with E-state index in [4.69, 9.17) is 10.6 Å². The number of benzene rings is 1. The number of hydrogen-bond acceptors (Lipinski definition) is 6. The predicted octanol–water partition coefficient (Wildman–Crippen LogP) is 3.00. The maximum Gasteiger partial charge on any atom is 0.349 e. The molecule has 1 aromatic carbocycles. The van der Waals surface area contributed by atoms with Crippen molar-refractivity contribution in [3.63, 3.8) is 0 Å². The molecule has 0 heterocycles. The molecule has 0 fully saturated rings. The normalized spacial score (nSPS) is 12.7. The molecule has 9 nitrogen and oxygen atoms in total. The zero-order valence-corrected chi connectivity index (χ0v) is 19.9. The van der Waals surface area contributed by atoms with Crippen LogP contribution in [-0.2, 0) is 14.3 Å². The van der Waals surface area contributed by atoms with Crippen LogP contribution in [0.15, 0.2) is 36.4 Å². The molecule has 3 amide bonds. The van der Waals surface area contributed by atoms with E-state index < -0.39 is 29.6 Å². The van der Waals surface area contributed by atoms with Crippen molar-refractivity contribution in [1.29, 1.82) is 0 Å². The van der Waals surface area contributed by atoms with Crippen LogP contribution in [-0.4, -0.2) is 46.7 Å². The molecular formula is C23H37N5O4. The first-order chi connectivity index (χ1) is 14.9. The van der Waals surface area contributed by atoms with E-state index in [1.165, 1.54) is 7.05 Å². The van der Waals surface area contributed by atoms with Gasteiger partial charge in [0.15, 0.2) is 6.04 Å². The summed E-state index contributed by atoms with van der Waals surface area (Å²) < 4.78 is 5.55. The van der Waals surface area contributed by atoms with Crippen molar-refractivity contribution in [2.75, 3.05) is 7.05 Å². The molecule has 0 saturated heterocycles. The first-order valence-corrected chi connectivity index (χ1v) is 10.7. The van der Waals surface area contributed by atoms with Crippen LogP contribution in [0.2, 0.25) is 0 Å². The maximum absolute atomic E-state index is 13.0. The second-order valence-corrected chi connectivity index (χ2v) is 8.96. The summed E-state index contributed by atoms with van der Waals surface area (Å²) in [7, 11) is 1.43. The predicted molar refractivity (Wildman–Crippen MR) is 124 cm³/mol. The molecule has 32 heavy (non-hydrogen) atoms. The first kappa shape index (κ1) is 27.1. The van der Waals surface area contributed by atoms with Crippen LogP contribution in [0.1, 0.15) is 59.4 Å². The van der Waals surface area contributed by atoms with Crippen LogP contribution in [0.4, 0.5) is 4.79 Å². The molecule has 1 rings (SSSR count). The molecule has 178 valence electrons. The summed E-state index contributed by atoms with van der Waals surface area (Å²) in [5.74, 6) is 4.74. The van der Waals surface area contributed by atoms with E-state index in [0.29, 0.717) is 6.42 Å². The summed E-state index contributed by atoms with van der Waals surface area (Å²) in [6.45, 7) is 9.23. The molecule has 0 spiro atoms. The Bertz CT molecular complexity index is 772. The van der Waals surface area contributed by atoms with Gasteiger partial charge >= 0.3 is 12.0 Å². The highest BCUT2D eigenvalue weighted by Gasteiger charge is 2.34. The maximum atomic E-state index is 13.0. The smallest absolute Gasteiger partial charge is 0.349 e. The van der Waals surface area contributed by atoms with Crippen molar-refractivity contribution in [3.8, 4) is 0 Å². The highest BCUT2D eigenvalue weighted by molar-refractivity contribution is 5.87. The van der Waals surface area contributed by atoms with Crippen molar-refractivity contribution in [2.45, 2.75) is 65.5 Å². The van der Waals surface area contributed by atoms with Gasteiger partial charge in [0.1, 0.15) is 5.60 Å². The minimum Gasteiger partial charge on any atom is -0.458 e. The summed E-state index contributed by atoms with van der Waals surface area (Å²) in [6, 6.07) is 7.77. The Morgan fingerprint density at radius 2 is 1.75 bits per heavy atom. The number of carbonyl (C=O) groups is 3. The molecule has 4 N–H and O–H groups in total. The SMILES string of the molecule is CC(C)CCC(=O)N(NC(=O)NN(C)N)[C@@H](CC=Cc1ccccc1)C(=O)OC(C)(C)C. The quantitative estimate of drug-likeness (QED) is 0.304. The zero-order valence-electron chi connectivity index (χ0n) is 19.9. The lowest BCUT2D eigenvalue weighted by atomic mass is 10.1. The van der Waals surface area contributed by atoms with Gasteiger partial charge in [-0.15, -0.1) is 0 Å². The molecule has 0 aliphatic rings. The molecule has 0 bridgehead atoms. The Hall–Kier alpha value is -2.91. The lowest BCUT2D eigenvalue weighted by Crippen LogP contribution is -2.60. The lowest BCUT2D eigenvalue weighted by Gasteiger charge is -2.32. The van der Waals surface area contributed by atoms with Crippen LogP contribution in [0.5, 0.6) is 0 Å². The van der Waals surface area contributed by atoms with Crippen LogP contribution >= 0.6 is 0 Å². The zero-order chi connectivity index (χ0) is 24.3. The van der Waals surface area contributed by atoms with E-state index in [0.717, 1.165) is 15.7 Å². The number of urea groups is 1. The van der Waals surface area contributed by atoms with Crippen LogP contribution < -0.4 is 16.7 Å². The molecular weight excluding hydrogens is 410 g/mol. The summed E-state index contributed by atoms with van der Waals surface area (Å²) in [5, 5.41) is 1.99. The number of rotatable bonds is 9. The fraction of sp³-hybridized carbons (Fsp3) is 0.522. The molecule has 0 aromatic heterocycles. The minimum atomic E-state index is -1.05. The van der Waals surface area contributed by atoms with E-state index in [1.54, 1.807) is 26.8 Å². The average molecular weight is 448 g/mol. The second kappa shape index (κ2) is 12.8. The monoisotopic (exact) mass is 447 g/mol. The number of amides is 3. The summed E-state index contributed by atoms with van der Waals surface area (Å²) in [5.41, 5.74) is 4.97. The van der Waals surface area contributed by atoms with Crippen molar-refractivity contribution in [1.82, 2.24) is 21.0 Å². The van der Waals surface area contributed by atoms with Crippen molar-refractivity contribution in [3.05, 3.63) is 42.0 Å². The highest BCUT2D eigenvalue weighted by atomic mass is 16.6. The van der Waals surface area contributed by atoms with Gasteiger partial charge in [-0.1, -0.05) is 56.3 Å². The third kappa shape index (κ3) is 10.9. The number of hydrogen-bond donors (Lipinski definition) is 3. The standard InChI is InChI=1S/C23H37N5O4/c1-17(2)15-16-20(29)28(26-22(31)25-27(6)24)19(21(30)32-23(3,4)5)14-10-13-18-11-8-7-9-12-18/h7-13,17,19H,14-16,24H2,1-6H3,(H2,25,26,31)/t19-/m0/s1. The Balaban J connectivity index is 3.19. The van der Waals surface area contributed by atoms with E-state index in [-0.39, 0.29) is 18.8 Å². The summed E-state index contributed by atoms with van der Waals surface area (Å²) in [4.78, 5) is 38.4. The highest BCUT2D eigenvalue weighted by Crippen LogP contribution is 2.16. The molecule has 0 aliphatic heterocycles. The Labute approximate surface area is 190 Å². The first-order valence-electron chi connectivity index (χ1n) is 10.7. The average Bonchev–Trinajstić information content (AvgIpc) is 2.66. The minimum absolute atomic E-state index is 0.149. The third-order valence-electron chi connectivity index (χ3n) is 4.16. The van der Waals surface area contributed by atoms with Crippen molar-refractivity contribution in [2.24, 2.45) is 11.8 Å². The summed E-state index contributed by atoms with van der Waals surface area (Å²) >= 11 is 0. The number of ether oxygens (including phenoxy) is 1. The largest absolute Gasteiger partial charge is 0.458 e. The molecule has 9 heteroatoms.